The maximum Gasteiger partial charge on any atom is 0.164 e. The number of aliphatic hydroxyl groups excluding tert-OH is 1. The quantitative estimate of drug-likeness (QED) is 0.659. The maximum absolute atomic E-state index is 9.36. The first-order chi connectivity index (χ1) is 16.2. The predicted molar refractivity (Wildman–Crippen MR) is 129 cm³/mol. The fourth-order valence-electron chi connectivity index (χ4n) is 5.30. The molecule has 3 saturated heterocycles. The summed E-state index contributed by atoms with van der Waals surface area (Å²) < 4.78 is 11.8. The Morgan fingerprint density at radius 2 is 1.82 bits per heavy atom. The SMILES string of the molecule is C[C@H]1COCCN1c1cc(N2CC3CCC(C2)O3)c2ccc(-c3ccc(CO)cc3)nc2n1. The Balaban J connectivity index is 1.45. The van der Waals surface area contributed by atoms with E-state index in [1.54, 1.807) is 0 Å². The van der Waals surface area contributed by atoms with Crippen LogP contribution in [0.4, 0.5) is 11.5 Å². The molecule has 0 aliphatic carbocycles. The van der Waals surface area contributed by atoms with Gasteiger partial charge in [-0.25, -0.2) is 9.97 Å². The van der Waals surface area contributed by atoms with Gasteiger partial charge in [-0.1, -0.05) is 24.3 Å². The number of aliphatic hydroxyl groups is 1. The second-order valence-corrected chi connectivity index (χ2v) is 9.40. The van der Waals surface area contributed by atoms with Gasteiger partial charge < -0.3 is 24.4 Å². The van der Waals surface area contributed by atoms with Crippen molar-refractivity contribution in [1.82, 2.24) is 9.97 Å². The summed E-state index contributed by atoms with van der Waals surface area (Å²) in [5, 5.41) is 10.4. The zero-order valence-corrected chi connectivity index (χ0v) is 19.0. The number of benzene rings is 1. The van der Waals surface area contributed by atoms with Crippen LogP contribution in [0.2, 0.25) is 0 Å². The largest absolute Gasteiger partial charge is 0.392 e. The van der Waals surface area contributed by atoms with Crippen molar-refractivity contribution in [2.45, 2.75) is 44.6 Å². The molecule has 3 aromatic rings. The van der Waals surface area contributed by atoms with Crippen molar-refractivity contribution in [2.24, 2.45) is 0 Å². The van der Waals surface area contributed by atoms with Gasteiger partial charge in [0.25, 0.3) is 0 Å². The number of pyridine rings is 2. The highest BCUT2D eigenvalue weighted by Gasteiger charge is 2.35. The smallest absolute Gasteiger partial charge is 0.164 e. The number of hydrogen-bond donors (Lipinski definition) is 1. The highest BCUT2D eigenvalue weighted by atomic mass is 16.5. The average molecular weight is 447 g/mol. The highest BCUT2D eigenvalue weighted by Crippen LogP contribution is 2.36. The molecule has 6 rings (SSSR count). The van der Waals surface area contributed by atoms with Crippen molar-refractivity contribution >= 4 is 22.5 Å². The summed E-state index contributed by atoms with van der Waals surface area (Å²) in [7, 11) is 0. The third-order valence-corrected chi connectivity index (χ3v) is 7.12. The van der Waals surface area contributed by atoms with Gasteiger partial charge in [0.2, 0.25) is 0 Å². The lowest BCUT2D eigenvalue weighted by Gasteiger charge is -2.37. The monoisotopic (exact) mass is 446 g/mol. The van der Waals surface area contributed by atoms with Crippen LogP contribution in [0.1, 0.15) is 25.3 Å². The first-order valence-corrected chi connectivity index (χ1v) is 11.9. The zero-order chi connectivity index (χ0) is 22.4. The minimum absolute atomic E-state index is 0.0406. The van der Waals surface area contributed by atoms with Crippen LogP contribution in [0.5, 0.6) is 0 Å². The third-order valence-electron chi connectivity index (χ3n) is 7.12. The fourth-order valence-corrected chi connectivity index (χ4v) is 5.30. The summed E-state index contributed by atoms with van der Waals surface area (Å²) in [6.45, 7) is 6.31. The van der Waals surface area contributed by atoms with Crippen LogP contribution in [-0.2, 0) is 16.1 Å². The van der Waals surface area contributed by atoms with Crippen LogP contribution in [0.25, 0.3) is 22.3 Å². The Bertz CT molecular complexity index is 1140. The first kappa shape index (κ1) is 20.8. The Morgan fingerprint density at radius 3 is 2.55 bits per heavy atom. The molecule has 5 heterocycles. The van der Waals surface area contributed by atoms with E-state index in [4.69, 9.17) is 19.4 Å². The third kappa shape index (κ3) is 3.94. The fraction of sp³-hybridized carbons (Fsp3) is 0.462. The number of morpholine rings is 2. The van der Waals surface area contributed by atoms with Crippen LogP contribution in [0, 0.1) is 0 Å². The minimum Gasteiger partial charge on any atom is -0.392 e. The number of nitrogens with zero attached hydrogens (tertiary/aromatic N) is 4. The lowest BCUT2D eigenvalue weighted by molar-refractivity contribution is 0.0306. The number of anilines is 2. The molecule has 3 fully saturated rings. The molecular weight excluding hydrogens is 416 g/mol. The maximum atomic E-state index is 9.36. The number of fused-ring (bicyclic) bond motifs is 3. The van der Waals surface area contributed by atoms with Gasteiger partial charge in [-0.15, -0.1) is 0 Å². The van der Waals surface area contributed by atoms with Crippen molar-refractivity contribution in [3.05, 3.63) is 48.0 Å². The van der Waals surface area contributed by atoms with Crippen molar-refractivity contribution in [3.63, 3.8) is 0 Å². The van der Waals surface area contributed by atoms with E-state index in [9.17, 15) is 5.11 Å². The summed E-state index contributed by atoms with van der Waals surface area (Å²) >= 11 is 0. The van der Waals surface area contributed by atoms with E-state index in [1.807, 2.05) is 24.3 Å². The number of hydrogen-bond acceptors (Lipinski definition) is 7. The van der Waals surface area contributed by atoms with Crippen LogP contribution < -0.4 is 9.80 Å². The summed E-state index contributed by atoms with van der Waals surface area (Å²) in [6.07, 6.45) is 2.91. The van der Waals surface area contributed by atoms with E-state index < -0.39 is 0 Å². The molecule has 1 aromatic carbocycles. The number of ether oxygens (including phenoxy) is 2. The molecule has 2 bridgehead atoms. The molecular formula is C26H30N4O3. The van der Waals surface area contributed by atoms with Crippen molar-refractivity contribution < 1.29 is 14.6 Å². The van der Waals surface area contributed by atoms with Crippen LogP contribution >= 0.6 is 0 Å². The van der Waals surface area contributed by atoms with E-state index >= 15 is 0 Å². The lowest BCUT2D eigenvalue weighted by atomic mass is 10.1. The van der Waals surface area contributed by atoms with Crippen LogP contribution in [0.3, 0.4) is 0 Å². The molecule has 7 heteroatoms. The molecule has 7 nitrogen and oxygen atoms in total. The number of rotatable bonds is 4. The first-order valence-electron chi connectivity index (χ1n) is 11.9. The molecule has 0 radical (unpaired) electrons. The summed E-state index contributed by atoms with van der Waals surface area (Å²) in [5.41, 5.74) is 4.77. The van der Waals surface area contributed by atoms with Crippen molar-refractivity contribution in [3.8, 4) is 11.3 Å². The van der Waals surface area contributed by atoms with E-state index in [-0.39, 0.29) is 12.6 Å². The molecule has 0 saturated carbocycles. The van der Waals surface area contributed by atoms with Gasteiger partial charge in [0.05, 0.1) is 49.5 Å². The lowest BCUT2D eigenvalue weighted by Crippen LogP contribution is -2.45. The molecule has 1 N–H and O–H groups in total. The van der Waals surface area contributed by atoms with Gasteiger partial charge in [0.15, 0.2) is 5.65 Å². The average Bonchev–Trinajstić information content (AvgIpc) is 3.20. The minimum atomic E-state index is 0.0406. The molecule has 33 heavy (non-hydrogen) atoms. The van der Waals surface area contributed by atoms with Gasteiger partial charge in [0.1, 0.15) is 5.82 Å². The van der Waals surface area contributed by atoms with Gasteiger partial charge in [-0.3, -0.25) is 0 Å². The van der Waals surface area contributed by atoms with Gasteiger partial charge >= 0.3 is 0 Å². The molecule has 0 amide bonds. The van der Waals surface area contributed by atoms with Crippen molar-refractivity contribution in [2.75, 3.05) is 42.6 Å². The summed E-state index contributed by atoms with van der Waals surface area (Å²) in [5.74, 6) is 0.965. The second-order valence-electron chi connectivity index (χ2n) is 9.40. The molecule has 2 aromatic heterocycles. The van der Waals surface area contributed by atoms with Crippen LogP contribution in [-0.4, -0.2) is 66.2 Å². The van der Waals surface area contributed by atoms with E-state index in [0.29, 0.717) is 25.4 Å². The molecule has 172 valence electrons. The Labute approximate surface area is 194 Å². The van der Waals surface area contributed by atoms with Crippen LogP contribution in [0.15, 0.2) is 42.5 Å². The Morgan fingerprint density at radius 1 is 1.03 bits per heavy atom. The standard InChI is InChI=1S/C26H30N4O3/c1-17-16-32-11-10-30(17)25-12-24(29-13-20-6-7-21(14-29)33-20)22-8-9-23(27-26(22)28-25)19-4-2-18(15-31)3-5-19/h2-5,8-9,12,17,20-21,31H,6-7,10-11,13-16H2,1H3/t17-,20?,21?/m0/s1. The predicted octanol–water partition coefficient (Wildman–Crippen LogP) is 3.38. The molecule has 3 aliphatic rings. The van der Waals surface area contributed by atoms with E-state index in [2.05, 4.69) is 34.9 Å². The van der Waals surface area contributed by atoms with Gasteiger partial charge in [0, 0.05) is 36.7 Å². The molecule has 3 atom stereocenters. The molecule has 0 spiro atoms. The van der Waals surface area contributed by atoms with Gasteiger partial charge in [-0.05, 0) is 37.5 Å². The second kappa shape index (κ2) is 8.56. The molecule has 3 aliphatic heterocycles. The Hall–Kier alpha value is -2.74. The number of aromatic nitrogens is 2. The Kier molecular flexibility index (Phi) is 5.40. The van der Waals surface area contributed by atoms with Crippen molar-refractivity contribution in [1.29, 1.82) is 0 Å². The topological polar surface area (TPSA) is 71.0 Å². The summed E-state index contributed by atoms with van der Waals surface area (Å²) in [6, 6.07) is 14.6. The van der Waals surface area contributed by atoms with E-state index in [0.717, 1.165) is 66.1 Å². The van der Waals surface area contributed by atoms with E-state index in [1.165, 1.54) is 5.69 Å². The zero-order valence-electron chi connectivity index (χ0n) is 19.0. The normalized spacial score (nSPS) is 25.1. The van der Waals surface area contributed by atoms with Gasteiger partial charge in [-0.2, -0.15) is 0 Å². The highest BCUT2D eigenvalue weighted by molar-refractivity contribution is 5.93. The molecule has 2 unspecified atom stereocenters. The summed E-state index contributed by atoms with van der Waals surface area (Å²) in [4.78, 5) is 14.9.